The van der Waals surface area contributed by atoms with E-state index in [0.717, 1.165) is 5.39 Å². The quantitative estimate of drug-likeness (QED) is 0.542. The number of nitrogens with one attached hydrogen (secondary N) is 1. The van der Waals surface area contributed by atoms with Gasteiger partial charge in [0.05, 0.1) is 7.11 Å². The predicted octanol–water partition coefficient (Wildman–Crippen LogP) is 3.50. The molecule has 0 atom stereocenters. The average molecular weight is 356 g/mol. The summed E-state index contributed by atoms with van der Waals surface area (Å²) in [5.74, 6) is 0.495. The van der Waals surface area contributed by atoms with E-state index in [2.05, 4.69) is 10.5 Å². The van der Waals surface area contributed by atoms with Crippen molar-refractivity contribution < 1.29 is 23.1 Å². The van der Waals surface area contributed by atoms with Crippen LogP contribution in [0.3, 0.4) is 0 Å². The number of hydrogen-bond donors (Lipinski definition) is 1. The third-order valence-electron chi connectivity index (χ3n) is 3.60. The first-order chi connectivity index (χ1) is 12.6. The molecule has 0 spiro atoms. The van der Waals surface area contributed by atoms with Gasteiger partial charge in [-0.25, -0.2) is 9.82 Å². The maximum atomic E-state index is 13.1. The van der Waals surface area contributed by atoms with Crippen molar-refractivity contribution in [3.63, 3.8) is 0 Å². The van der Waals surface area contributed by atoms with Crippen molar-refractivity contribution in [3.8, 4) is 11.5 Å². The number of halogens is 1. The number of carbonyl (C=O) groups excluding carboxylic acids is 1. The minimum Gasteiger partial charge on any atom is -0.493 e. The fourth-order valence-electron chi connectivity index (χ4n) is 2.31. The number of carbonyl (C=O) groups is 1. The van der Waals surface area contributed by atoms with Gasteiger partial charge in [-0.15, -0.1) is 0 Å². The van der Waals surface area contributed by atoms with Gasteiger partial charge in [-0.3, -0.25) is 4.79 Å². The predicted molar refractivity (Wildman–Crippen MR) is 95.0 cm³/mol. The van der Waals surface area contributed by atoms with Crippen molar-refractivity contribution in [2.45, 2.75) is 6.92 Å². The van der Waals surface area contributed by atoms with E-state index in [1.807, 2.05) is 18.2 Å². The maximum Gasteiger partial charge on any atom is 0.277 e. The van der Waals surface area contributed by atoms with E-state index in [4.69, 9.17) is 13.9 Å². The topological polar surface area (TPSA) is 73.1 Å². The van der Waals surface area contributed by atoms with E-state index in [9.17, 15) is 9.18 Å². The summed E-state index contributed by atoms with van der Waals surface area (Å²) in [6.07, 6.45) is 0. The van der Waals surface area contributed by atoms with E-state index >= 15 is 0 Å². The third kappa shape index (κ3) is 4.00. The van der Waals surface area contributed by atoms with Crippen molar-refractivity contribution in [1.29, 1.82) is 0 Å². The van der Waals surface area contributed by atoms with Gasteiger partial charge in [-0.1, -0.05) is 18.2 Å². The number of furan rings is 1. The summed E-state index contributed by atoms with van der Waals surface area (Å²) in [5, 5.41) is 4.87. The maximum absolute atomic E-state index is 13.1. The molecule has 1 N–H and O–H groups in total. The van der Waals surface area contributed by atoms with Crippen molar-refractivity contribution in [1.82, 2.24) is 5.43 Å². The Morgan fingerprint density at radius 3 is 2.81 bits per heavy atom. The molecule has 26 heavy (non-hydrogen) atoms. The van der Waals surface area contributed by atoms with Crippen LogP contribution in [0.4, 0.5) is 4.39 Å². The summed E-state index contributed by atoms with van der Waals surface area (Å²) in [6, 6.07) is 12.9. The van der Waals surface area contributed by atoms with Gasteiger partial charge < -0.3 is 13.9 Å². The van der Waals surface area contributed by atoms with E-state index in [0.29, 0.717) is 22.8 Å². The lowest BCUT2D eigenvalue weighted by Gasteiger charge is -2.05. The molecule has 0 saturated carbocycles. The highest BCUT2D eigenvalue weighted by molar-refractivity contribution is 6.01. The second-order valence-electron chi connectivity index (χ2n) is 5.47. The Morgan fingerprint density at radius 1 is 1.23 bits per heavy atom. The van der Waals surface area contributed by atoms with Crippen LogP contribution < -0.4 is 14.9 Å². The monoisotopic (exact) mass is 356 g/mol. The third-order valence-corrected chi connectivity index (χ3v) is 3.60. The molecule has 0 unspecified atom stereocenters. The van der Waals surface area contributed by atoms with Crippen LogP contribution in [-0.2, 0) is 4.79 Å². The molecule has 1 amide bonds. The molecule has 3 aromatic rings. The van der Waals surface area contributed by atoms with Crippen LogP contribution in [0.15, 0.2) is 58.0 Å². The van der Waals surface area contributed by atoms with Gasteiger partial charge in [0.2, 0.25) is 0 Å². The molecule has 1 heterocycles. The van der Waals surface area contributed by atoms with Crippen LogP contribution in [-0.4, -0.2) is 25.3 Å². The number of hydrazone groups is 1. The van der Waals surface area contributed by atoms with E-state index in [1.165, 1.54) is 18.2 Å². The Labute approximate surface area is 149 Å². The number of hydrogen-bond acceptors (Lipinski definition) is 5. The number of rotatable bonds is 6. The van der Waals surface area contributed by atoms with Crippen LogP contribution in [0.1, 0.15) is 12.7 Å². The smallest absolute Gasteiger partial charge is 0.277 e. The average Bonchev–Trinajstić information content (AvgIpc) is 3.09. The Kier molecular flexibility index (Phi) is 5.17. The second kappa shape index (κ2) is 7.69. The highest BCUT2D eigenvalue weighted by Gasteiger charge is 2.11. The Balaban J connectivity index is 1.63. The molecule has 2 aromatic carbocycles. The molecular formula is C19H17FN2O4. The van der Waals surface area contributed by atoms with Gasteiger partial charge in [0.1, 0.15) is 17.3 Å². The SMILES string of the molecule is COc1cccc2cc(/C(C)=N\NC(=O)COc3cccc(F)c3)oc12. The number of nitrogens with zero attached hydrogens (tertiary/aromatic N) is 1. The molecule has 1 aromatic heterocycles. The van der Waals surface area contributed by atoms with Gasteiger partial charge in [-0.05, 0) is 31.2 Å². The molecule has 0 aliphatic heterocycles. The second-order valence-corrected chi connectivity index (χ2v) is 5.47. The molecule has 3 rings (SSSR count). The summed E-state index contributed by atoms with van der Waals surface area (Å²) in [5.41, 5.74) is 3.48. The first kappa shape index (κ1) is 17.5. The van der Waals surface area contributed by atoms with Gasteiger partial charge >= 0.3 is 0 Å². The molecule has 0 aliphatic carbocycles. The van der Waals surface area contributed by atoms with Gasteiger partial charge in [0, 0.05) is 11.5 Å². The number of methoxy groups -OCH3 is 1. The molecule has 0 fully saturated rings. The van der Waals surface area contributed by atoms with Crippen LogP contribution in [0, 0.1) is 5.82 Å². The number of amides is 1. The Hall–Kier alpha value is -3.35. The minimum absolute atomic E-state index is 0.269. The van der Waals surface area contributed by atoms with Crippen molar-refractivity contribution in [2.75, 3.05) is 13.7 Å². The van der Waals surface area contributed by atoms with Crippen molar-refractivity contribution in [3.05, 3.63) is 60.1 Å². The van der Waals surface area contributed by atoms with E-state index < -0.39 is 11.7 Å². The molecule has 134 valence electrons. The summed E-state index contributed by atoms with van der Waals surface area (Å²) < 4.78 is 29.3. The Bertz CT molecular complexity index is 965. The Morgan fingerprint density at radius 2 is 2.04 bits per heavy atom. The highest BCUT2D eigenvalue weighted by Crippen LogP contribution is 2.28. The first-order valence-corrected chi connectivity index (χ1v) is 7.85. The van der Waals surface area contributed by atoms with E-state index in [1.54, 1.807) is 26.2 Å². The normalized spacial score (nSPS) is 11.4. The van der Waals surface area contributed by atoms with Crippen LogP contribution in [0.2, 0.25) is 0 Å². The zero-order chi connectivity index (χ0) is 18.5. The highest BCUT2D eigenvalue weighted by atomic mass is 19.1. The molecule has 0 radical (unpaired) electrons. The molecule has 0 bridgehead atoms. The summed E-state index contributed by atoms with van der Waals surface area (Å²) in [7, 11) is 1.57. The van der Waals surface area contributed by atoms with Gasteiger partial charge in [0.25, 0.3) is 5.91 Å². The fourth-order valence-corrected chi connectivity index (χ4v) is 2.31. The number of para-hydroxylation sites is 1. The van der Waals surface area contributed by atoms with Crippen LogP contribution in [0.25, 0.3) is 11.0 Å². The largest absolute Gasteiger partial charge is 0.493 e. The summed E-state index contributed by atoms with van der Waals surface area (Å²) in [6.45, 7) is 1.42. The first-order valence-electron chi connectivity index (χ1n) is 7.85. The van der Waals surface area contributed by atoms with E-state index in [-0.39, 0.29) is 12.4 Å². The fraction of sp³-hybridized carbons (Fsp3) is 0.158. The van der Waals surface area contributed by atoms with Crippen molar-refractivity contribution in [2.24, 2.45) is 5.10 Å². The lowest BCUT2D eigenvalue weighted by molar-refractivity contribution is -0.123. The van der Waals surface area contributed by atoms with Crippen molar-refractivity contribution >= 4 is 22.6 Å². The number of benzene rings is 2. The lowest BCUT2D eigenvalue weighted by Crippen LogP contribution is -2.25. The molecule has 0 saturated heterocycles. The van der Waals surface area contributed by atoms with Gasteiger partial charge in [-0.2, -0.15) is 5.10 Å². The minimum atomic E-state index is -0.470. The molecular weight excluding hydrogens is 339 g/mol. The standard InChI is InChI=1S/C19H17FN2O4/c1-12(17-9-13-5-3-8-16(24-2)19(13)26-17)21-22-18(23)11-25-15-7-4-6-14(20)10-15/h3-10H,11H2,1-2H3,(H,22,23)/b21-12-. The lowest BCUT2D eigenvalue weighted by atomic mass is 10.2. The zero-order valence-corrected chi connectivity index (χ0v) is 14.3. The molecule has 0 aliphatic rings. The number of ether oxygens (including phenoxy) is 2. The van der Waals surface area contributed by atoms with Crippen LogP contribution in [0.5, 0.6) is 11.5 Å². The number of fused-ring (bicyclic) bond motifs is 1. The molecule has 7 heteroatoms. The summed E-state index contributed by atoms with van der Waals surface area (Å²) >= 11 is 0. The zero-order valence-electron chi connectivity index (χ0n) is 14.3. The van der Waals surface area contributed by atoms with Crippen LogP contribution >= 0.6 is 0 Å². The summed E-state index contributed by atoms with van der Waals surface area (Å²) in [4.78, 5) is 11.8. The van der Waals surface area contributed by atoms with Gasteiger partial charge in [0.15, 0.2) is 23.7 Å². The molecule has 6 nitrogen and oxygen atoms in total.